The predicted molar refractivity (Wildman–Crippen MR) is 74.9 cm³/mol. The van der Waals surface area contributed by atoms with Gasteiger partial charge in [0.2, 0.25) is 0 Å². The topological polar surface area (TPSA) is 64.7 Å². The number of amides is 1. The molecule has 0 unspecified atom stereocenters. The minimum absolute atomic E-state index is 0.0886. The molecule has 2 aromatic rings. The van der Waals surface area contributed by atoms with Crippen molar-refractivity contribution in [1.82, 2.24) is 24.9 Å². The van der Waals surface area contributed by atoms with Crippen LogP contribution in [0.1, 0.15) is 21.7 Å². The molecule has 0 bridgehead atoms. The van der Waals surface area contributed by atoms with Crippen molar-refractivity contribution in [3.8, 4) is 0 Å². The Bertz CT molecular complexity index is 601. The Morgan fingerprint density at radius 2 is 2.21 bits per heavy atom. The molecule has 0 saturated carbocycles. The Labute approximate surface area is 119 Å². The molecule has 2 rings (SSSR count). The van der Waals surface area contributed by atoms with Crippen LogP contribution in [-0.2, 0) is 13.6 Å². The molecule has 19 heavy (non-hydrogen) atoms. The third-order valence-corrected chi connectivity index (χ3v) is 3.37. The van der Waals surface area contributed by atoms with Crippen molar-refractivity contribution in [3.63, 3.8) is 0 Å². The van der Waals surface area contributed by atoms with Gasteiger partial charge in [-0.2, -0.15) is 10.2 Å². The van der Waals surface area contributed by atoms with E-state index in [9.17, 15) is 4.79 Å². The van der Waals surface area contributed by atoms with E-state index in [0.717, 1.165) is 15.9 Å². The second kappa shape index (κ2) is 5.56. The molecule has 0 aliphatic heterocycles. The Hall–Kier alpha value is -1.63. The first-order valence-electron chi connectivity index (χ1n) is 5.95. The fraction of sp³-hybridized carbons (Fsp3) is 0.417. The second-order valence-electron chi connectivity index (χ2n) is 4.35. The molecule has 0 aromatic carbocycles. The number of nitrogens with zero attached hydrogens (tertiary/aromatic N) is 4. The molecule has 1 N–H and O–H groups in total. The summed E-state index contributed by atoms with van der Waals surface area (Å²) >= 11 is 3.33. The van der Waals surface area contributed by atoms with Crippen LogP contribution >= 0.6 is 15.9 Å². The van der Waals surface area contributed by atoms with Crippen molar-refractivity contribution >= 4 is 21.8 Å². The lowest BCUT2D eigenvalue weighted by Crippen LogP contribution is -2.28. The van der Waals surface area contributed by atoms with Crippen molar-refractivity contribution in [2.45, 2.75) is 20.4 Å². The minimum atomic E-state index is -0.0886. The zero-order valence-corrected chi connectivity index (χ0v) is 12.7. The summed E-state index contributed by atoms with van der Waals surface area (Å²) in [5.41, 5.74) is 2.28. The van der Waals surface area contributed by atoms with Gasteiger partial charge < -0.3 is 5.32 Å². The van der Waals surface area contributed by atoms with Gasteiger partial charge in [0.15, 0.2) is 0 Å². The first kappa shape index (κ1) is 13.8. The van der Waals surface area contributed by atoms with Crippen LogP contribution in [0, 0.1) is 13.8 Å². The van der Waals surface area contributed by atoms with Gasteiger partial charge in [0.05, 0.1) is 28.5 Å². The van der Waals surface area contributed by atoms with E-state index in [-0.39, 0.29) is 5.91 Å². The molecule has 0 aliphatic carbocycles. The summed E-state index contributed by atoms with van der Waals surface area (Å²) in [4.78, 5) is 12.1. The normalized spacial score (nSPS) is 10.7. The van der Waals surface area contributed by atoms with E-state index in [1.807, 2.05) is 27.1 Å². The number of aryl methyl sites for hydroxylation is 2. The summed E-state index contributed by atoms with van der Waals surface area (Å²) in [5, 5.41) is 11.2. The first-order chi connectivity index (χ1) is 8.99. The number of hydrogen-bond acceptors (Lipinski definition) is 3. The van der Waals surface area contributed by atoms with Crippen LogP contribution in [0.15, 0.2) is 16.9 Å². The summed E-state index contributed by atoms with van der Waals surface area (Å²) in [6.45, 7) is 4.89. The fourth-order valence-electron chi connectivity index (χ4n) is 1.94. The Morgan fingerprint density at radius 3 is 2.74 bits per heavy atom. The third kappa shape index (κ3) is 3.04. The van der Waals surface area contributed by atoms with Crippen molar-refractivity contribution in [2.24, 2.45) is 7.05 Å². The van der Waals surface area contributed by atoms with E-state index in [2.05, 4.69) is 31.4 Å². The molecule has 1 amide bonds. The third-order valence-electron chi connectivity index (χ3n) is 2.96. The van der Waals surface area contributed by atoms with Gasteiger partial charge in [-0.15, -0.1) is 0 Å². The standard InChI is InChI=1S/C12H16BrN5O/c1-8-11(9(2)17(3)16-8)12(19)14-4-5-18-7-10(13)6-15-18/h6-7H,4-5H2,1-3H3,(H,14,19). The van der Waals surface area contributed by atoms with Crippen LogP contribution in [0.5, 0.6) is 0 Å². The van der Waals surface area contributed by atoms with Crippen LogP contribution in [0.3, 0.4) is 0 Å². The smallest absolute Gasteiger partial charge is 0.255 e. The van der Waals surface area contributed by atoms with Gasteiger partial charge in [0.25, 0.3) is 5.91 Å². The Morgan fingerprint density at radius 1 is 1.47 bits per heavy atom. The van der Waals surface area contributed by atoms with Gasteiger partial charge in [-0.25, -0.2) is 0 Å². The number of carbonyl (C=O) groups excluding carboxylic acids is 1. The molecule has 0 fully saturated rings. The van der Waals surface area contributed by atoms with E-state index < -0.39 is 0 Å². The molecule has 0 atom stereocenters. The van der Waals surface area contributed by atoms with E-state index in [1.54, 1.807) is 15.6 Å². The molecular formula is C12H16BrN5O. The highest BCUT2D eigenvalue weighted by molar-refractivity contribution is 9.10. The first-order valence-corrected chi connectivity index (χ1v) is 6.74. The van der Waals surface area contributed by atoms with E-state index in [0.29, 0.717) is 18.7 Å². The number of carbonyl (C=O) groups is 1. The summed E-state index contributed by atoms with van der Waals surface area (Å²) in [6, 6.07) is 0. The average molecular weight is 326 g/mol. The number of aromatic nitrogens is 4. The van der Waals surface area contributed by atoms with Crippen LogP contribution in [0.2, 0.25) is 0 Å². The SMILES string of the molecule is Cc1nn(C)c(C)c1C(=O)NCCn1cc(Br)cn1. The van der Waals surface area contributed by atoms with Gasteiger partial charge >= 0.3 is 0 Å². The number of hydrogen-bond donors (Lipinski definition) is 1. The average Bonchev–Trinajstić information content (AvgIpc) is 2.84. The quantitative estimate of drug-likeness (QED) is 0.924. The maximum atomic E-state index is 12.1. The fourth-order valence-corrected chi connectivity index (χ4v) is 2.26. The summed E-state index contributed by atoms with van der Waals surface area (Å²) in [5.74, 6) is -0.0886. The van der Waals surface area contributed by atoms with Crippen molar-refractivity contribution in [3.05, 3.63) is 33.8 Å². The van der Waals surface area contributed by atoms with Crippen molar-refractivity contribution in [1.29, 1.82) is 0 Å². The lowest BCUT2D eigenvalue weighted by Gasteiger charge is -2.05. The molecular weight excluding hydrogens is 310 g/mol. The molecule has 0 spiro atoms. The highest BCUT2D eigenvalue weighted by atomic mass is 79.9. The number of halogens is 1. The summed E-state index contributed by atoms with van der Waals surface area (Å²) < 4.78 is 4.42. The Kier molecular flexibility index (Phi) is 4.04. The van der Waals surface area contributed by atoms with E-state index in [1.165, 1.54) is 0 Å². The second-order valence-corrected chi connectivity index (χ2v) is 5.26. The highest BCUT2D eigenvalue weighted by Crippen LogP contribution is 2.11. The van der Waals surface area contributed by atoms with Crippen molar-refractivity contribution < 1.29 is 4.79 Å². The van der Waals surface area contributed by atoms with Crippen LogP contribution in [0.4, 0.5) is 0 Å². The molecule has 7 heteroatoms. The van der Waals surface area contributed by atoms with Gasteiger partial charge in [0, 0.05) is 25.5 Å². The summed E-state index contributed by atoms with van der Waals surface area (Å²) in [7, 11) is 1.83. The maximum Gasteiger partial charge on any atom is 0.255 e. The minimum Gasteiger partial charge on any atom is -0.350 e. The van der Waals surface area contributed by atoms with Crippen LogP contribution < -0.4 is 5.32 Å². The maximum absolute atomic E-state index is 12.1. The summed E-state index contributed by atoms with van der Waals surface area (Å²) in [6.07, 6.45) is 3.59. The number of rotatable bonds is 4. The molecule has 102 valence electrons. The van der Waals surface area contributed by atoms with Gasteiger partial charge in [-0.1, -0.05) is 0 Å². The molecule has 2 heterocycles. The van der Waals surface area contributed by atoms with Crippen LogP contribution in [-0.4, -0.2) is 32.0 Å². The molecule has 2 aromatic heterocycles. The predicted octanol–water partition coefficient (Wildman–Crippen LogP) is 1.43. The van der Waals surface area contributed by atoms with E-state index in [4.69, 9.17) is 0 Å². The van der Waals surface area contributed by atoms with Gasteiger partial charge in [0.1, 0.15) is 0 Å². The molecule has 0 aliphatic rings. The lowest BCUT2D eigenvalue weighted by molar-refractivity contribution is 0.0950. The molecule has 0 saturated heterocycles. The molecule has 0 radical (unpaired) electrons. The molecule has 6 nitrogen and oxygen atoms in total. The Balaban J connectivity index is 1.94. The highest BCUT2D eigenvalue weighted by Gasteiger charge is 2.16. The van der Waals surface area contributed by atoms with Crippen molar-refractivity contribution in [2.75, 3.05) is 6.54 Å². The lowest BCUT2D eigenvalue weighted by atomic mass is 10.2. The van der Waals surface area contributed by atoms with Gasteiger partial charge in [-0.05, 0) is 29.8 Å². The monoisotopic (exact) mass is 325 g/mol. The number of nitrogens with one attached hydrogen (secondary N) is 1. The zero-order chi connectivity index (χ0) is 14.0. The van der Waals surface area contributed by atoms with Crippen LogP contribution in [0.25, 0.3) is 0 Å². The zero-order valence-electron chi connectivity index (χ0n) is 11.1. The largest absolute Gasteiger partial charge is 0.350 e. The van der Waals surface area contributed by atoms with Gasteiger partial charge in [-0.3, -0.25) is 14.2 Å². The van der Waals surface area contributed by atoms with E-state index >= 15 is 0 Å².